The first-order chi connectivity index (χ1) is 13.3. The number of hydrogen-bond donors (Lipinski definition) is 2. The van der Waals surface area contributed by atoms with Gasteiger partial charge in [0.1, 0.15) is 5.82 Å². The number of nitrogens with one attached hydrogen (secondary N) is 1. The van der Waals surface area contributed by atoms with E-state index in [0.717, 1.165) is 0 Å². The topological polar surface area (TPSA) is 86.7 Å². The molecule has 0 bridgehead atoms. The number of anilines is 1. The molecule has 6 nitrogen and oxygen atoms in total. The van der Waals surface area contributed by atoms with E-state index < -0.39 is 15.9 Å². The number of halogens is 1. The van der Waals surface area contributed by atoms with Gasteiger partial charge in [0.25, 0.3) is 5.91 Å². The van der Waals surface area contributed by atoms with E-state index in [2.05, 4.69) is 5.32 Å². The summed E-state index contributed by atoms with van der Waals surface area (Å²) in [5.41, 5.74) is 1.04. The molecule has 1 aliphatic heterocycles. The first-order valence-corrected chi connectivity index (χ1v) is 10.5. The lowest BCUT2D eigenvalue weighted by atomic mass is 10.00. The zero-order valence-corrected chi connectivity index (χ0v) is 16.4. The minimum absolute atomic E-state index is 0.0536. The number of aliphatic hydroxyl groups is 1. The normalized spacial score (nSPS) is 16.1. The van der Waals surface area contributed by atoms with Gasteiger partial charge in [-0.15, -0.1) is 0 Å². The second-order valence-corrected chi connectivity index (χ2v) is 8.91. The fourth-order valence-electron chi connectivity index (χ4n) is 3.20. The van der Waals surface area contributed by atoms with Crippen molar-refractivity contribution in [3.05, 3.63) is 59.4 Å². The van der Waals surface area contributed by atoms with Crippen LogP contribution in [0.3, 0.4) is 0 Å². The van der Waals surface area contributed by atoms with Crippen molar-refractivity contribution in [3.63, 3.8) is 0 Å². The van der Waals surface area contributed by atoms with Gasteiger partial charge < -0.3 is 10.4 Å². The van der Waals surface area contributed by atoms with Gasteiger partial charge in [0.05, 0.1) is 4.90 Å². The van der Waals surface area contributed by atoms with E-state index in [1.165, 1.54) is 46.8 Å². The molecule has 0 unspecified atom stereocenters. The average molecular weight is 406 g/mol. The number of piperidine rings is 1. The van der Waals surface area contributed by atoms with Crippen LogP contribution in [0.1, 0.15) is 28.8 Å². The first-order valence-electron chi connectivity index (χ1n) is 9.10. The summed E-state index contributed by atoms with van der Waals surface area (Å²) >= 11 is 0. The molecular formula is C20H23FN2O4S. The summed E-state index contributed by atoms with van der Waals surface area (Å²) in [5.74, 6) is -0.708. The standard InChI is InChI=1S/C20H23FN2O4S/c1-14-11-17(5-6-19(14)21)22-20(25)16-3-2-4-18(12-16)28(26,27)23-9-7-15(13-24)8-10-23/h2-6,11-12,15,24H,7-10,13H2,1H3,(H,22,25). The van der Waals surface area contributed by atoms with Crippen molar-refractivity contribution in [2.75, 3.05) is 25.0 Å². The smallest absolute Gasteiger partial charge is 0.255 e. The van der Waals surface area contributed by atoms with Crippen LogP contribution in [0.5, 0.6) is 0 Å². The van der Waals surface area contributed by atoms with Gasteiger partial charge in [-0.25, -0.2) is 12.8 Å². The fraction of sp³-hybridized carbons (Fsp3) is 0.350. The number of aryl methyl sites for hydroxylation is 1. The molecular weight excluding hydrogens is 383 g/mol. The lowest BCUT2D eigenvalue weighted by molar-refractivity contribution is 0.102. The number of carbonyl (C=O) groups is 1. The molecule has 0 atom stereocenters. The summed E-state index contributed by atoms with van der Waals surface area (Å²) in [5, 5.41) is 11.9. The molecule has 0 spiro atoms. The number of amides is 1. The molecule has 1 heterocycles. The van der Waals surface area contributed by atoms with Gasteiger partial charge >= 0.3 is 0 Å². The molecule has 28 heavy (non-hydrogen) atoms. The fourth-order valence-corrected chi connectivity index (χ4v) is 4.72. The lowest BCUT2D eigenvalue weighted by Gasteiger charge is -2.30. The number of aliphatic hydroxyl groups excluding tert-OH is 1. The van der Waals surface area contributed by atoms with Crippen LogP contribution in [-0.4, -0.2) is 43.4 Å². The van der Waals surface area contributed by atoms with Gasteiger partial charge in [-0.2, -0.15) is 4.31 Å². The molecule has 3 rings (SSSR count). The number of nitrogens with zero attached hydrogens (tertiary/aromatic N) is 1. The SMILES string of the molecule is Cc1cc(NC(=O)c2cccc(S(=O)(=O)N3CCC(CO)CC3)c2)ccc1F. The van der Waals surface area contributed by atoms with Gasteiger partial charge in [-0.05, 0) is 67.6 Å². The minimum Gasteiger partial charge on any atom is -0.396 e. The minimum atomic E-state index is -3.71. The van der Waals surface area contributed by atoms with E-state index in [4.69, 9.17) is 0 Å². The van der Waals surface area contributed by atoms with Crippen molar-refractivity contribution < 1.29 is 22.7 Å². The van der Waals surface area contributed by atoms with Crippen LogP contribution in [0.15, 0.2) is 47.4 Å². The second-order valence-electron chi connectivity index (χ2n) is 6.98. The van der Waals surface area contributed by atoms with E-state index >= 15 is 0 Å². The third-order valence-corrected chi connectivity index (χ3v) is 6.88. The Kier molecular flexibility index (Phi) is 6.12. The summed E-state index contributed by atoms with van der Waals surface area (Å²) in [6.07, 6.45) is 1.22. The summed E-state index contributed by atoms with van der Waals surface area (Å²) < 4.78 is 40.5. The van der Waals surface area contributed by atoms with Gasteiger partial charge in [0.2, 0.25) is 10.0 Å². The molecule has 1 saturated heterocycles. The molecule has 1 amide bonds. The average Bonchev–Trinajstić information content (AvgIpc) is 2.71. The highest BCUT2D eigenvalue weighted by molar-refractivity contribution is 7.89. The highest BCUT2D eigenvalue weighted by Gasteiger charge is 2.29. The molecule has 150 valence electrons. The van der Waals surface area contributed by atoms with Crippen LogP contribution in [0.4, 0.5) is 10.1 Å². The van der Waals surface area contributed by atoms with Crippen LogP contribution >= 0.6 is 0 Å². The number of rotatable bonds is 5. The second kappa shape index (κ2) is 8.38. The molecule has 0 aliphatic carbocycles. The number of carbonyl (C=O) groups excluding carboxylic acids is 1. The Bertz CT molecular complexity index is 970. The predicted octanol–water partition coefficient (Wildman–Crippen LogP) is 2.78. The highest BCUT2D eigenvalue weighted by atomic mass is 32.2. The Morgan fingerprint density at radius 2 is 1.93 bits per heavy atom. The Morgan fingerprint density at radius 3 is 2.57 bits per heavy atom. The van der Waals surface area contributed by atoms with Gasteiger partial charge in [0, 0.05) is 30.9 Å². The van der Waals surface area contributed by atoms with Crippen LogP contribution in [0, 0.1) is 18.7 Å². The van der Waals surface area contributed by atoms with Gasteiger partial charge in [-0.1, -0.05) is 6.07 Å². The Labute approximate surface area is 164 Å². The van der Waals surface area contributed by atoms with Crippen molar-refractivity contribution >= 4 is 21.6 Å². The summed E-state index contributed by atoms with van der Waals surface area (Å²) in [6.45, 7) is 2.35. The van der Waals surface area contributed by atoms with E-state index in [0.29, 0.717) is 37.2 Å². The van der Waals surface area contributed by atoms with E-state index in [1.54, 1.807) is 6.92 Å². The molecule has 1 aliphatic rings. The molecule has 2 aromatic carbocycles. The monoisotopic (exact) mass is 406 g/mol. The third-order valence-electron chi connectivity index (χ3n) is 4.98. The van der Waals surface area contributed by atoms with Crippen LogP contribution < -0.4 is 5.32 Å². The van der Waals surface area contributed by atoms with Gasteiger partial charge in [0.15, 0.2) is 0 Å². The third kappa shape index (κ3) is 4.40. The number of hydrogen-bond acceptors (Lipinski definition) is 4. The zero-order valence-electron chi connectivity index (χ0n) is 15.6. The summed E-state index contributed by atoms with van der Waals surface area (Å²) in [6, 6.07) is 10.1. The van der Waals surface area contributed by atoms with Crippen LogP contribution in [0.2, 0.25) is 0 Å². The highest BCUT2D eigenvalue weighted by Crippen LogP contribution is 2.24. The maximum Gasteiger partial charge on any atom is 0.255 e. The van der Waals surface area contributed by atoms with E-state index in [1.807, 2.05) is 0 Å². The maximum atomic E-state index is 13.4. The number of benzene rings is 2. The molecule has 1 fully saturated rings. The van der Waals surface area contributed by atoms with Crippen molar-refractivity contribution in [3.8, 4) is 0 Å². The molecule has 2 N–H and O–H groups in total. The summed E-state index contributed by atoms with van der Waals surface area (Å²) in [7, 11) is -3.71. The van der Waals surface area contributed by atoms with Crippen LogP contribution in [0.25, 0.3) is 0 Å². The van der Waals surface area contributed by atoms with E-state index in [-0.39, 0.29) is 28.8 Å². The Morgan fingerprint density at radius 1 is 1.21 bits per heavy atom. The van der Waals surface area contributed by atoms with Crippen molar-refractivity contribution in [2.24, 2.45) is 5.92 Å². The maximum absolute atomic E-state index is 13.4. The molecule has 0 saturated carbocycles. The quantitative estimate of drug-likeness (QED) is 0.799. The Hall–Kier alpha value is -2.29. The largest absolute Gasteiger partial charge is 0.396 e. The van der Waals surface area contributed by atoms with E-state index in [9.17, 15) is 22.7 Å². The van der Waals surface area contributed by atoms with Crippen molar-refractivity contribution in [1.29, 1.82) is 0 Å². The van der Waals surface area contributed by atoms with Crippen LogP contribution in [-0.2, 0) is 10.0 Å². The van der Waals surface area contributed by atoms with Crippen molar-refractivity contribution in [2.45, 2.75) is 24.7 Å². The molecule has 2 aromatic rings. The zero-order chi connectivity index (χ0) is 20.3. The van der Waals surface area contributed by atoms with Crippen molar-refractivity contribution in [1.82, 2.24) is 4.31 Å². The Balaban J connectivity index is 1.77. The molecule has 0 radical (unpaired) electrons. The predicted molar refractivity (Wildman–Crippen MR) is 104 cm³/mol. The summed E-state index contributed by atoms with van der Waals surface area (Å²) in [4.78, 5) is 12.6. The van der Waals surface area contributed by atoms with Gasteiger partial charge in [-0.3, -0.25) is 4.79 Å². The number of sulfonamides is 1. The lowest BCUT2D eigenvalue weighted by Crippen LogP contribution is -2.39. The first kappa shape index (κ1) is 20.4. The molecule has 8 heteroatoms. The molecule has 0 aromatic heterocycles.